The van der Waals surface area contributed by atoms with Gasteiger partial charge in [0.15, 0.2) is 0 Å². The zero-order valence-electron chi connectivity index (χ0n) is 38.6. The number of amides is 1. The normalized spacial score (nSPS) is 12.6. The number of nitrogens with one attached hydrogen (secondary N) is 1. The van der Waals surface area contributed by atoms with E-state index in [4.69, 9.17) is 4.74 Å². The molecule has 0 spiro atoms. The lowest BCUT2D eigenvalue weighted by Gasteiger charge is -2.22. The lowest BCUT2D eigenvalue weighted by molar-refractivity contribution is -0.143. The van der Waals surface area contributed by atoms with Crippen molar-refractivity contribution >= 4 is 11.9 Å². The van der Waals surface area contributed by atoms with Gasteiger partial charge in [0.25, 0.3) is 0 Å². The van der Waals surface area contributed by atoms with Crippen LogP contribution in [0.15, 0.2) is 0 Å². The molecule has 0 aliphatic carbocycles. The molecule has 0 aliphatic rings. The molecule has 2 atom stereocenters. The number of hydrogen-bond acceptors (Lipinski definition) is 5. The van der Waals surface area contributed by atoms with Crippen LogP contribution in [0, 0.1) is 0 Å². The van der Waals surface area contributed by atoms with Crippen LogP contribution in [0.5, 0.6) is 0 Å². The molecule has 0 radical (unpaired) electrons. The third-order valence-corrected chi connectivity index (χ3v) is 12.2. The predicted octanol–water partition coefficient (Wildman–Crippen LogP) is 15.2. The van der Waals surface area contributed by atoms with E-state index in [1.54, 1.807) is 0 Å². The Morgan fingerprint density at radius 3 is 1.07 bits per heavy atom. The first-order chi connectivity index (χ1) is 28.0. The molecular formula is C51H101NO5. The van der Waals surface area contributed by atoms with Gasteiger partial charge in [-0.25, -0.2) is 0 Å². The van der Waals surface area contributed by atoms with E-state index in [1.807, 2.05) is 0 Å². The molecule has 6 nitrogen and oxygen atoms in total. The monoisotopic (exact) mass is 808 g/mol. The standard InChI is InChI=1S/C51H101NO5/c1-3-5-7-9-11-13-15-17-19-20-21-23-27-31-35-39-43-49(54)48(47-53)52-50(55)44-40-36-32-28-25-26-30-34-38-42-46-57-51(56)45-41-37-33-29-24-22-18-16-14-12-10-8-6-4-2/h48-49,53-54H,3-47H2,1-2H3,(H,52,55). The van der Waals surface area contributed by atoms with E-state index >= 15 is 0 Å². The highest BCUT2D eigenvalue weighted by molar-refractivity contribution is 5.76. The first-order valence-corrected chi connectivity index (χ1v) is 25.8. The SMILES string of the molecule is CCCCCCCCCCCCCCCCCCC(O)C(CO)NC(=O)CCCCCCCCCCCCOC(=O)CCCCCCCCCCCCCCCC. The van der Waals surface area contributed by atoms with E-state index in [1.165, 1.54) is 199 Å². The van der Waals surface area contributed by atoms with E-state index < -0.39 is 12.1 Å². The van der Waals surface area contributed by atoms with Crippen molar-refractivity contribution in [3.05, 3.63) is 0 Å². The fourth-order valence-electron chi connectivity index (χ4n) is 8.17. The highest BCUT2D eigenvalue weighted by atomic mass is 16.5. The summed E-state index contributed by atoms with van der Waals surface area (Å²) in [5.74, 6) is -0.0708. The molecule has 0 bridgehead atoms. The second-order valence-corrected chi connectivity index (χ2v) is 17.9. The van der Waals surface area contributed by atoms with Gasteiger partial charge in [-0.05, 0) is 25.7 Å². The highest BCUT2D eigenvalue weighted by Crippen LogP contribution is 2.17. The molecule has 0 aromatic rings. The summed E-state index contributed by atoms with van der Waals surface area (Å²) in [5, 5.41) is 23.2. The van der Waals surface area contributed by atoms with Gasteiger partial charge in [0.2, 0.25) is 5.91 Å². The molecule has 3 N–H and O–H groups in total. The van der Waals surface area contributed by atoms with Crippen molar-refractivity contribution in [3.8, 4) is 0 Å². The predicted molar refractivity (Wildman–Crippen MR) is 246 cm³/mol. The number of rotatable bonds is 48. The van der Waals surface area contributed by atoms with Crippen molar-refractivity contribution in [2.75, 3.05) is 13.2 Å². The Labute approximate surface area is 356 Å². The van der Waals surface area contributed by atoms with Gasteiger partial charge in [-0.1, -0.05) is 251 Å². The van der Waals surface area contributed by atoms with Gasteiger partial charge in [-0.3, -0.25) is 9.59 Å². The minimum atomic E-state index is -0.677. The van der Waals surface area contributed by atoms with Crippen LogP contribution in [-0.4, -0.2) is 47.4 Å². The maximum absolute atomic E-state index is 12.4. The van der Waals surface area contributed by atoms with E-state index in [2.05, 4.69) is 19.2 Å². The molecule has 6 heteroatoms. The number of hydrogen-bond donors (Lipinski definition) is 3. The molecular weight excluding hydrogens is 707 g/mol. The Balaban J connectivity index is 3.46. The second kappa shape index (κ2) is 47.5. The van der Waals surface area contributed by atoms with Crippen molar-refractivity contribution in [1.29, 1.82) is 0 Å². The van der Waals surface area contributed by atoms with Gasteiger partial charge in [0.05, 0.1) is 25.4 Å². The average Bonchev–Trinajstić information content (AvgIpc) is 3.21. The molecule has 0 saturated heterocycles. The molecule has 340 valence electrons. The number of carbonyl (C=O) groups excluding carboxylic acids is 2. The maximum Gasteiger partial charge on any atom is 0.305 e. The van der Waals surface area contributed by atoms with Crippen LogP contribution >= 0.6 is 0 Å². The minimum Gasteiger partial charge on any atom is -0.466 e. The smallest absolute Gasteiger partial charge is 0.305 e. The Morgan fingerprint density at radius 2 is 0.719 bits per heavy atom. The van der Waals surface area contributed by atoms with Crippen LogP contribution in [0.3, 0.4) is 0 Å². The quantitative estimate of drug-likeness (QED) is 0.0420. The van der Waals surface area contributed by atoms with Gasteiger partial charge >= 0.3 is 5.97 Å². The number of unbranched alkanes of at least 4 members (excludes halogenated alkanes) is 37. The summed E-state index contributed by atoms with van der Waals surface area (Å²) in [6, 6.07) is -0.556. The number of aliphatic hydroxyl groups excluding tert-OH is 2. The Hall–Kier alpha value is -1.14. The van der Waals surface area contributed by atoms with Gasteiger partial charge in [0.1, 0.15) is 0 Å². The van der Waals surface area contributed by atoms with Crippen LogP contribution in [0.1, 0.15) is 290 Å². The molecule has 0 fully saturated rings. The van der Waals surface area contributed by atoms with Crippen LogP contribution in [0.4, 0.5) is 0 Å². The van der Waals surface area contributed by atoms with Crippen molar-refractivity contribution < 1.29 is 24.5 Å². The number of ether oxygens (including phenoxy) is 1. The molecule has 0 aromatic heterocycles. The van der Waals surface area contributed by atoms with Crippen LogP contribution in [0.25, 0.3) is 0 Å². The fraction of sp³-hybridized carbons (Fsp3) is 0.961. The topological polar surface area (TPSA) is 95.9 Å². The van der Waals surface area contributed by atoms with Crippen molar-refractivity contribution in [3.63, 3.8) is 0 Å². The average molecular weight is 808 g/mol. The van der Waals surface area contributed by atoms with Crippen LogP contribution in [-0.2, 0) is 14.3 Å². The molecule has 0 rings (SSSR count). The first kappa shape index (κ1) is 55.9. The van der Waals surface area contributed by atoms with Crippen molar-refractivity contribution in [2.24, 2.45) is 0 Å². The molecule has 0 saturated carbocycles. The van der Waals surface area contributed by atoms with Crippen LogP contribution in [0.2, 0.25) is 0 Å². The second-order valence-electron chi connectivity index (χ2n) is 17.9. The summed E-state index contributed by atoms with van der Waals surface area (Å²) in [5.41, 5.74) is 0. The first-order valence-electron chi connectivity index (χ1n) is 25.8. The molecule has 1 amide bonds. The number of esters is 1. The van der Waals surface area contributed by atoms with E-state index in [0.717, 1.165) is 57.8 Å². The molecule has 0 heterocycles. The summed E-state index contributed by atoms with van der Waals surface area (Å²) < 4.78 is 5.45. The Bertz CT molecular complexity index is 806. The van der Waals surface area contributed by atoms with Gasteiger partial charge in [0, 0.05) is 12.8 Å². The van der Waals surface area contributed by atoms with Gasteiger partial charge < -0.3 is 20.3 Å². The summed E-state index contributed by atoms with van der Waals surface area (Å²) in [4.78, 5) is 24.5. The van der Waals surface area contributed by atoms with Crippen molar-refractivity contribution in [2.45, 2.75) is 302 Å². The maximum atomic E-state index is 12.4. The lowest BCUT2D eigenvalue weighted by atomic mass is 10.0. The Kier molecular flexibility index (Phi) is 46.6. The number of carbonyl (C=O) groups is 2. The molecule has 2 unspecified atom stereocenters. The Morgan fingerprint density at radius 1 is 0.421 bits per heavy atom. The zero-order chi connectivity index (χ0) is 41.5. The molecule has 0 aliphatic heterocycles. The fourth-order valence-corrected chi connectivity index (χ4v) is 8.17. The van der Waals surface area contributed by atoms with Crippen LogP contribution < -0.4 is 5.32 Å². The molecule has 0 aromatic carbocycles. The summed E-state index contributed by atoms with van der Waals surface area (Å²) in [6.07, 6.45) is 52.1. The third kappa shape index (κ3) is 44.2. The zero-order valence-corrected chi connectivity index (χ0v) is 38.6. The molecule has 57 heavy (non-hydrogen) atoms. The summed E-state index contributed by atoms with van der Waals surface area (Å²) in [6.45, 7) is 4.92. The highest BCUT2D eigenvalue weighted by Gasteiger charge is 2.20. The lowest BCUT2D eigenvalue weighted by Crippen LogP contribution is -2.45. The van der Waals surface area contributed by atoms with Gasteiger partial charge in [-0.2, -0.15) is 0 Å². The van der Waals surface area contributed by atoms with E-state index in [0.29, 0.717) is 25.9 Å². The minimum absolute atomic E-state index is 0.0158. The van der Waals surface area contributed by atoms with Gasteiger partial charge in [-0.15, -0.1) is 0 Å². The summed E-state index contributed by atoms with van der Waals surface area (Å²) in [7, 11) is 0. The van der Waals surface area contributed by atoms with E-state index in [9.17, 15) is 19.8 Å². The van der Waals surface area contributed by atoms with E-state index in [-0.39, 0.29) is 18.5 Å². The number of aliphatic hydroxyl groups is 2. The van der Waals surface area contributed by atoms with Crippen molar-refractivity contribution in [1.82, 2.24) is 5.32 Å². The summed E-state index contributed by atoms with van der Waals surface area (Å²) >= 11 is 0. The largest absolute Gasteiger partial charge is 0.466 e. The third-order valence-electron chi connectivity index (χ3n) is 12.2.